The van der Waals surface area contributed by atoms with Crippen LogP contribution in [0.3, 0.4) is 0 Å². The predicted octanol–water partition coefficient (Wildman–Crippen LogP) is 2.39. The van der Waals surface area contributed by atoms with Crippen LogP contribution in [-0.2, 0) is 0 Å². The first kappa shape index (κ1) is 8.84. The Hall–Kier alpha value is -2.43. The summed E-state index contributed by atoms with van der Waals surface area (Å²) in [5.41, 5.74) is 0.646. The monoisotopic (exact) mass is 213 g/mol. The molecule has 78 valence electrons. The Morgan fingerprint density at radius 1 is 0.938 bits per heavy atom. The molecule has 3 rings (SSSR count). The summed E-state index contributed by atoms with van der Waals surface area (Å²) in [5.74, 6) is 1.28. The van der Waals surface area contributed by atoms with Gasteiger partial charge in [0.2, 0.25) is 0 Å². The molecule has 0 aliphatic heterocycles. The number of rotatable bonds is 2. The second-order valence-corrected chi connectivity index (χ2v) is 3.10. The lowest BCUT2D eigenvalue weighted by Crippen LogP contribution is -1.80. The smallest absolute Gasteiger partial charge is 0.283 e. The average Bonchev–Trinajstić information content (AvgIpc) is 3.01. The summed E-state index contributed by atoms with van der Waals surface area (Å²) in [6.45, 7) is 0. The van der Waals surface area contributed by atoms with E-state index in [0.29, 0.717) is 23.2 Å². The van der Waals surface area contributed by atoms with E-state index in [1.807, 2.05) is 12.1 Å². The number of aromatic nitrogens is 3. The van der Waals surface area contributed by atoms with Crippen molar-refractivity contribution in [1.29, 1.82) is 0 Å². The Kier molecular flexibility index (Phi) is 2.00. The third kappa shape index (κ3) is 1.48. The van der Waals surface area contributed by atoms with Crippen molar-refractivity contribution >= 4 is 0 Å². The lowest BCUT2D eigenvalue weighted by molar-refractivity contribution is 0.522. The molecule has 0 radical (unpaired) electrons. The van der Waals surface area contributed by atoms with Gasteiger partial charge in [-0.2, -0.15) is 0 Å². The van der Waals surface area contributed by atoms with Gasteiger partial charge in [0.15, 0.2) is 5.76 Å². The van der Waals surface area contributed by atoms with Gasteiger partial charge in [-0.15, -0.1) is 10.2 Å². The summed E-state index contributed by atoms with van der Waals surface area (Å²) in [5, 5.41) is 7.79. The highest BCUT2D eigenvalue weighted by Gasteiger charge is 2.12. The van der Waals surface area contributed by atoms with E-state index in [4.69, 9.17) is 8.83 Å². The molecule has 0 saturated heterocycles. The van der Waals surface area contributed by atoms with Gasteiger partial charge in [-0.3, -0.25) is 4.98 Å². The van der Waals surface area contributed by atoms with Gasteiger partial charge in [0.1, 0.15) is 5.69 Å². The molecule has 0 fully saturated rings. The Labute approximate surface area is 90.8 Å². The maximum atomic E-state index is 5.44. The highest BCUT2D eigenvalue weighted by atomic mass is 16.4. The summed E-state index contributed by atoms with van der Waals surface area (Å²) in [6, 6.07) is 9.02. The van der Waals surface area contributed by atoms with E-state index >= 15 is 0 Å². The third-order valence-electron chi connectivity index (χ3n) is 2.04. The van der Waals surface area contributed by atoms with Gasteiger partial charge in [0, 0.05) is 6.20 Å². The van der Waals surface area contributed by atoms with E-state index in [2.05, 4.69) is 15.2 Å². The molecule has 16 heavy (non-hydrogen) atoms. The SMILES string of the molecule is c1ccc(-c2nnc(-c3ccco3)o2)nc1. The number of pyridine rings is 1. The zero-order valence-corrected chi connectivity index (χ0v) is 8.20. The fourth-order valence-electron chi connectivity index (χ4n) is 1.32. The summed E-state index contributed by atoms with van der Waals surface area (Å²) in [4.78, 5) is 4.12. The molecule has 0 aromatic carbocycles. The Morgan fingerprint density at radius 2 is 1.88 bits per heavy atom. The molecule has 3 heterocycles. The molecule has 0 bridgehead atoms. The fraction of sp³-hybridized carbons (Fsp3) is 0. The average molecular weight is 213 g/mol. The quantitative estimate of drug-likeness (QED) is 0.653. The minimum Gasteiger partial charge on any atom is -0.459 e. The van der Waals surface area contributed by atoms with Crippen molar-refractivity contribution in [2.24, 2.45) is 0 Å². The van der Waals surface area contributed by atoms with Gasteiger partial charge < -0.3 is 8.83 Å². The van der Waals surface area contributed by atoms with Crippen molar-refractivity contribution in [3.8, 4) is 23.2 Å². The summed E-state index contributed by atoms with van der Waals surface area (Å²) < 4.78 is 10.6. The van der Waals surface area contributed by atoms with Crippen molar-refractivity contribution in [2.45, 2.75) is 0 Å². The van der Waals surface area contributed by atoms with Crippen LogP contribution in [0, 0.1) is 0 Å². The Balaban J connectivity index is 2.00. The first-order valence-electron chi connectivity index (χ1n) is 4.72. The molecule has 3 aromatic heterocycles. The fourth-order valence-corrected chi connectivity index (χ4v) is 1.32. The van der Waals surface area contributed by atoms with Crippen molar-refractivity contribution < 1.29 is 8.83 Å². The molecule has 0 spiro atoms. The topological polar surface area (TPSA) is 65.0 Å². The largest absolute Gasteiger partial charge is 0.459 e. The van der Waals surface area contributed by atoms with Gasteiger partial charge >= 0.3 is 0 Å². The normalized spacial score (nSPS) is 10.5. The maximum Gasteiger partial charge on any atom is 0.283 e. The standard InChI is InChI=1S/C11H7N3O2/c1-2-6-12-8(4-1)10-13-14-11(16-10)9-5-3-7-15-9/h1-7H. The van der Waals surface area contributed by atoms with Crippen molar-refractivity contribution in [1.82, 2.24) is 15.2 Å². The van der Waals surface area contributed by atoms with Crippen LogP contribution in [0.5, 0.6) is 0 Å². The number of hydrogen-bond acceptors (Lipinski definition) is 5. The highest BCUT2D eigenvalue weighted by molar-refractivity contribution is 5.50. The van der Waals surface area contributed by atoms with Crippen LogP contribution in [0.4, 0.5) is 0 Å². The van der Waals surface area contributed by atoms with E-state index in [1.54, 1.807) is 30.7 Å². The van der Waals surface area contributed by atoms with Crippen LogP contribution in [0.15, 0.2) is 51.6 Å². The van der Waals surface area contributed by atoms with Gasteiger partial charge in [-0.25, -0.2) is 0 Å². The van der Waals surface area contributed by atoms with Crippen molar-refractivity contribution in [3.63, 3.8) is 0 Å². The molecule has 0 amide bonds. The molecule has 5 heteroatoms. The number of furan rings is 1. The molecular weight excluding hydrogens is 206 g/mol. The molecule has 0 unspecified atom stereocenters. The van der Waals surface area contributed by atoms with Crippen molar-refractivity contribution in [2.75, 3.05) is 0 Å². The van der Waals surface area contributed by atoms with Crippen LogP contribution in [0.1, 0.15) is 0 Å². The zero-order chi connectivity index (χ0) is 10.8. The van der Waals surface area contributed by atoms with Crippen molar-refractivity contribution in [3.05, 3.63) is 42.8 Å². The van der Waals surface area contributed by atoms with Gasteiger partial charge in [-0.1, -0.05) is 6.07 Å². The molecular formula is C11H7N3O2. The van der Waals surface area contributed by atoms with Gasteiger partial charge in [-0.05, 0) is 24.3 Å². The molecule has 0 atom stereocenters. The second-order valence-electron chi connectivity index (χ2n) is 3.10. The van der Waals surface area contributed by atoms with Crippen LogP contribution in [0.25, 0.3) is 23.2 Å². The van der Waals surface area contributed by atoms with Gasteiger partial charge in [0.05, 0.1) is 6.26 Å². The molecule has 0 saturated carbocycles. The lowest BCUT2D eigenvalue weighted by atomic mass is 10.3. The summed E-state index contributed by atoms with van der Waals surface area (Å²) in [7, 11) is 0. The second kappa shape index (κ2) is 3.62. The van der Waals surface area contributed by atoms with Crippen LogP contribution in [-0.4, -0.2) is 15.2 Å². The van der Waals surface area contributed by atoms with E-state index in [0.717, 1.165) is 0 Å². The van der Waals surface area contributed by atoms with E-state index in [-0.39, 0.29) is 0 Å². The predicted molar refractivity (Wildman–Crippen MR) is 55.2 cm³/mol. The molecule has 0 aliphatic carbocycles. The first-order chi connectivity index (χ1) is 7.93. The number of nitrogens with zero attached hydrogens (tertiary/aromatic N) is 3. The molecule has 5 nitrogen and oxygen atoms in total. The Bertz CT molecular complexity index is 572. The third-order valence-corrected chi connectivity index (χ3v) is 2.04. The van der Waals surface area contributed by atoms with Crippen LogP contribution in [0.2, 0.25) is 0 Å². The van der Waals surface area contributed by atoms with Gasteiger partial charge in [0.25, 0.3) is 11.8 Å². The molecule has 3 aromatic rings. The van der Waals surface area contributed by atoms with E-state index in [9.17, 15) is 0 Å². The number of hydrogen-bond donors (Lipinski definition) is 0. The molecule has 0 aliphatic rings. The van der Waals surface area contributed by atoms with Crippen LogP contribution < -0.4 is 0 Å². The zero-order valence-electron chi connectivity index (χ0n) is 8.20. The maximum absolute atomic E-state index is 5.44. The first-order valence-corrected chi connectivity index (χ1v) is 4.72. The minimum absolute atomic E-state index is 0.352. The highest BCUT2D eigenvalue weighted by Crippen LogP contribution is 2.22. The van der Waals surface area contributed by atoms with E-state index < -0.39 is 0 Å². The molecule has 0 N–H and O–H groups in total. The van der Waals surface area contributed by atoms with Crippen LogP contribution >= 0.6 is 0 Å². The van der Waals surface area contributed by atoms with E-state index in [1.165, 1.54) is 0 Å². The summed E-state index contributed by atoms with van der Waals surface area (Å²) in [6.07, 6.45) is 3.23. The Morgan fingerprint density at radius 3 is 2.62 bits per heavy atom. The summed E-state index contributed by atoms with van der Waals surface area (Å²) >= 11 is 0. The minimum atomic E-state index is 0.352. The lowest BCUT2D eigenvalue weighted by Gasteiger charge is -1.90.